The number of hydrogen-bond acceptors (Lipinski definition) is 2. The number of hydrogen-bond donors (Lipinski definition) is 2. The second-order valence-electron chi connectivity index (χ2n) is 7.82. The molecule has 2 N–H and O–H groups in total. The van der Waals surface area contributed by atoms with Crippen molar-refractivity contribution in [1.82, 2.24) is 0 Å². The number of aliphatic carboxylic acids is 2. The zero-order valence-electron chi connectivity index (χ0n) is 16.0. The van der Waals surface area contributed by atoms with E-state index < -0.39 is 17.9 Å². The molecule has 0 fully saturated rings. The van der Waals surface area contributed by atoms with Crippen molar-refractivity contribution >= 4 is 11.9 Å². The number of unbranched alkanes of at least 4 members (excludes halogenated alkanes) is 3. The fourth-order valence-electron chi connectivity index (χ4n) is 4.09. The average Bonchev–Trinajstić information content (AvgIpc) is 2.58. The first-order valence-corrected chi connectivity index (χ1v) is 10.0. The van der Waals surface area contributed by atoms with Gasteiger partial charge in [0.1, 0.15) is 0 Å². The molecule has 0 aromatic heterocycles. The highest BCUT2D eigenvalue weighted by Crippen LogP contribution is 2.33. The van der Waals surface area contributed by atoms with Crippen LogP contribution >= 0.6 is 0 Å². The summed E-state index contributed by atoms with van der Waals surface area (Å²) in [5, 5.41) is 18.4. The van der Waals surface area contributed by atoms with Crippen molar-refractivity contribution in [3.05, 3.63) is 12.2 Å². The van der Waals surface area contributed by atoms with Crippen molar-refractivity contribution in [2.75, 3.05) is 0 Å². The molecule has 0 heterocycles. The minimum atomic E-state index is -1.01. The Balaban J connectivity index is 2.65. The highest BCUT2D eigenvalue weighted by molar-refractivity contribution is 5.77. The largest absolute Gasteiger partial charge is 0.481 e. The minimum Gasteiger partial charge on any atom is -0.481 e. The SMILES string of the molecule is CCCCCCC(CC(CC(=O)O)C(=O)O)CC(C)C1C=CCCC1. The van der Waals surface area contributed by atoms with Crippen LogP contribution in [0.3, 0.4) is 0 Å². The summed E-state index contributed by atoms with van der Waals surface area (Å²) in [4.78, 5) is 22.5. The van der Waals surface area contributed by atoms with Crippen LogP contribution in [0.4, 0.5) is 0 Å². The minimum absolute atomic E-state index is 0.265. The molecule has 0 bridgehead atoms. The Kier molecular flexibility index (Phi) is 10.5. The molecule has 0 saturated carbocycles. The molecule has 1 rings (SSSR count). The summed E-state index contributed by atoms with van der Waals surface area (Å²) in [5.41, 5.74) is 0. The van der Waals surface area contributed by atoms with E-state index in [1.807, 2.05) is 0 Å². The molecule has 0 spiro atoms. The molecule has 144 valence electrons. The fraction of sp³-hybridized carbons (Fsp3) is 0.810. The summed E-state index contributed by atoms with van der Waals surface area (Å²) in [7, 11) is 0. The Morgan fingerprint density at radius 3 is 2.48 bits per heavy atom. The number of rotatable bonds is 13. The van der Waals surface area contributed by atoms with Gasteiger partial charge in [0, 0.05) is 0 Å². The average molecular weight is 353 g/mol. The molecule has 0 radical (unpaired) electrons. The van der Waals surface area contributed by atoms with E-state index in [2.05, 4.69) is 26.0 Å². The highest BCUT2D eigenvalue weighted by Gasteiger charge is 2.27. The molecule has 25 heavy (non-hydrogen) atoms. The van der Waals surface area contributed by atoms with Crippen molar-refractivity contribution in [2.45, 2.75) is 84.5 Å². The van der Waals surface area contributed by atoms with E-state index in [1.165, 1.54) is 38.5 Å². The summed E-state index contributed by atoms with van der Waals surface area (Å²) >= 11 is 0. The van der Waals surface area contributed by atoms with E-state index in [-0.39, 0.29) is 6.42 Å². The first-order chi connectivity index (χ1) is 11.9. The Hall–Kier alpha value is -1.32. The molecule has 1 aliphatic rings. The van der Waals surface area contributed by atoms with E-state index in [0.717, 1.165) is 19.3 Å². The lowest BCUT2D eigenvalue weighted by Gasteiger charge is -2.29. The third-order valence-electron chi connectivity index (χ3n) is 5.58. The number of carbonyl (C=O) groups is 2. The molecule has 1 aliphatic carbocycles. The zero-order valence-corrected chi connectivity index (χ0v) is 16.0. The van der Waals surface area contributed by atoms with Gasteiger partial charge in [-0.1, -0.05) is 58.1 Å². The predicted octanol–water partition coefficient (Wildman–Crippen LogP) is 5.52. The fourth-order valence-corrected chi connectivity index (χ4v) is 4.09. The predicted molar refractivity (Wildman–Crippen MR) is 101 cm³/mol. The van der Waals surface area contributed by atoms with Crippen LogP contribution in [-0.2, 0) is 9.59 Å². The molecule has 4 heteroatoms. The maximum Gasteiger partial charge on any atom is 0.307 e. The standard InChI is InChI=1S/C21H36O4/c1-3-4-5-7-10-17(14-19(21(24)25)15-20(22)23)13-16(2)18-11-8-6-9-12-18/h8,11,16-19H,3-7,9-10,12-15H2,1-2H3,(H,22,23)(H,24,25). The van der Waals surface area contributed by atoms with Crippen molar-refractivity contribution in [1.29, 1.82) is 0 Å². The normalized spacial score (nSPS) is 20.8. The maximum absolute atomic E-state index is 11.5. The molecule has 4 atom stereocenters. The van der Waals surface area contributed by atoms with Gasteiger partial charge in [-0.05, 0) is 49.9 Å². The van der Waals surface area contributed by atoms with Crippen LogP contribution in [0.1, 0.15) is 84.5 Å². The third kappa shape index (κ3) is 9.08. The number of carboxylic acid groups (broad SMARTS) is 2. The molecular formula is C21H36O4. The lowest BCUT2D eigenvalue weighted by Crippen LogP contribution is -2.23. The summed E-state index contributed by atoms with van der Waals surface area (Å²) in [5.74, 6) is -1.31. The Bertz CT molecular complexity index is 430. The monoisotopic (exact) mass is 352 g/mol. The topological polar surface area (TPSA) is 74.6 Å². The van der Waals surface area contributed by atoms with Crippen LogP contribution in [0, 0.1) is 23.7 Å². The zero-order chi connectivity index (χ0) is 18.7. The summed E-state index contributed by atoms with van der Waals surface area (Å²) in [6, 6.07) is 0. The van der Waals surface area contributed by atoms with Crippen LogP contribution in [0.5, 0.6) is 0 Å². The first kappa shape index (κ1) is 21.7. The van der Waals surface area contributed by atoms with Gasteiger partial charge in [0.25, 0.3) is 0 Å². The summed E-state index contributed by atoms with van der Waals surface area (Å²) in [6.07, 6.45) is 15.2. The summed E-state index contributed by atoms with van der Waals surface area (Å²) in [6.45, 7) is 4.45. The van der Waals surface area contributed by atoms with Gasteiger partial charge in [-0.15, -0.1) is 0 Å². The Labute approximate surface area is 152 Å². The van der Waals surface area contributed by atoms with E-state index in [9.17, 15) is 14.7 Å². The Morgan fingerprint density at radius 2 is 1.92 bits per heavy atom. The number of carboxylic acids is 2. The van der Waals surface area contributed by atoms with Crippen molar-refractivity contribution in [3.63, 3.8) is 0 Å². The molecule has 0 saturated heterocycles. The van der Waals surface area contributed by atoms with E-state index in [0.29, 0.717) is 24.2 Å². The summed E-state index contributed by atoms with van der Waals surface area (Å²) < 4.78 is 0. The Morgan fingerprint density at radius 1 is 1.16 bits per heavy atom. The van der Waals surface area contributed by atoms with Gasteiger partial charge in [-0.25, -0.2) is 0 Å². The molecular weight excluding hydrogens is 316 g/mol. The second kappa shape index (κ2) is 12.1. The smallest absolute Gasteiger partial charge is 0.307 e. The van der Waals surface area contributed by atoms with Crippen molar-refractivity contribution < 1.29 is 19.8 Å². The lowest BCUT2D eigenvalue weighted by molar-refractivity contribution is -0.149. The molecule has 4 unspecified atom stereocenters. The van der Waals surface area contributed by atoms with Crippen molar-refractivity contribution in [2.24, 2.45) is 23.7 Å². The maximum atomic E-state index is 11.5. The second-order valence-corrected chi connectivity index (χ2v) is 7.82. The molecule has 0 aromatic carbocycles. The highest BCUT2D eigenvalue weighted by atomic mass is 16.4. The van der Waals surface area contributed by atoms with Gasteiger partial charge in [-0.2, -0.15) is 0 Å². The van der Waals surface area contributed by atoms with Gasteiger partial charge in [0.05, 0.1) is 12.3 Å². The molecule has 0 amide bonds. The number of allylic oxidation sites excluding steroid dienone is 2. The van der Waals surface area contributed by atoms with Crippen LogP contribution in [0.15, 0.2) is 12.2 Å². The van der Waals surface area contributed by atoms with E-state index in [4.69, 9.17) is 5.11 Å². The van der Waals surface area contributed by atoms with Gasteiger partial charge < -0.3 is 10.2 Å². The van der Waals surface area contributed by atoms with E-state index in [1.54, 1.807) is 0 Å². The van der Waals surface area contributed by atoms with Gasteiger partial charge >= 0.3 is 11.9 Å². The van der Waals surface area contributed by atoms with Gasteiger partial charge in [-0.3, -0.25) is 9.59 Å². The third-order valence-corrected chi connectivity index (χ3v) is 5.58. The molecule has 4 nitrogen and oxygen atoms in total. The molecule has 0 aliphatic heterocycles. The first-order valence-electron chi connectivity index (χ1n) is 10.0. The van der Waals surface area contributed by atoms with Gasteiger partial charge in [0.15, 0.2) is 0 Å². The van der Waals surface area contributed by atoms with Crippen LogP contribution < -0.4 is 0 Å². The van der Waals surface area contributed by atoms with Crippen LogP contribution in [-0.4, -0.2) is 22.2 Å². The van der Waals surface area contributed by atoms with Crippen molar-refractivity contribution in [3.8, 4) is 0 Å². The van der Waals surface area contributed by atoms with E-state index >= 15 is 0 Å². The van der Waals surface area contributed by atoms with Crippen LogP contribution in [0.2, 0.25) is 0 Å². The molecule has 0 aromatic rings. The lowest BCUT2D eigenvalue weighted by atomic mass is 9.77. The van der Waals surface area contributed by atoms with Gasteiger partial charge in [0.2, 0.25) is 0 Å². The quantitative estimate of drug-likeness (QED) is 0.338. The van der Waals surface area contributed by atoms with Crippen LogP contribution in [0.25, 0.3) is 0 Å².